The molecule has 0 spiro atoms. The van der Waals surface area contributed by atoms with Crippen LogP contribution in [-0.2, 0) is 6.54 Å². The molecule has 0 saturated carbocycles. The van der Waals surface area contributed by atoms with E-state index in [4.69, 9.17) is 11.5 Å². The van der Waals surface area contributed by atoms with Crippen molar-refractivity contribution in [2.24, 2.45) is 11.5 Å². The summed E-state index contributed by atoms with van der Waals surface area (Å²) >= 11 is 4.67. The Labute approximate surface area is 86.3 Å². The molecule has 0 aliphatic rings. The van der Waals surface area contributed by atoms with Crippen LogP contribution in [0, 0.1) is 0 Å². The van der Waals surface area contributed by atoms with Crippen molar-refractivity contribution in [3.8, 4) is 0 Å². The molecule has 6 nitrogen and oxygen atoms in total. The molecule has 76 valence electrons. The number of carbonyl (C=O) groups excluding carboxylic acids is 1. The average Bonchev–Trinajstić information content (AvgIpc) is 2.46. The fourth-order valence-electron chi connectivity index (χ4n) is 1.05. The van der Waals surface area contributed by atoms with Gasteiger partial charge in [-0.1, -0.05) is 0 Å². The molecule has 0 fully saturated rings. The third-order valence-corrected chi connectivity index (χ3v) is 1.76. The fourth-order valence-corrected chi connectivity index (χ4v) is 1.15. The zero-order chi connectivity index (χ0) is 10.7. The van der Waals surface area contributed by atoms with Crippen LogP contribution in [0.25, 0.3) is 0 Å². The lowest BCUT2D eigenvalue weighted by Crippen LogP contribution is -2.24. The highest BCUT2D eigenvalue weighted by molar-refractivity contribution is 7.80. The van der Waals surface area contributed by atoms with E-state index in [1.165, 1.54) is 6.33 Å². The van der Waals surface area contributed by atoms with Crippen LogP contribution >= 0.6 is 12.2 Å². The number of carbonyl (C=O) groups is 1. The molecular weight excluding hydrogens is 202 g/mol. The molecule has 0 unspecified atom stereocenters. The highest BCUT2D eigenvalue weighted by Gasteiger charge is 2.14. The van der Waals surface area contributed by atoms with Crippen LogP contribution in [0.1, 0.15) is 17.4 Å². The lowest BCUT2D eigenvalue weighted by molar-refractivity contribution is 0.0997. The predicted octanol–water partition coefficient (Wildman–Crippen LogP) is -0.343. The number of nitrogens with one attached hydrogen (secondary N) is 1. The second kappa shape index (κ2) is 4.05. The van der Waals surface area contributed by atoms with E-state index < -0.39 is 5.91 Å². The summed E-state index contributed by atoms with van der Waals surface area (Å²) in [5.41, 5.74) is 10.6. The molecule has 1 amide bonds. The second-order valence-corrected chi connectivity index (χ2v) is 3.02. The van der Waals surface area contributed by atoms with Crippen molar-refractivity contribution in [2.45, 2.75) is 13.5 Å². The standard InChI is InChI=1S/C7H11N5OS/c1-2-12-3-10-4(5(8)13)6(12)11-7(9)14/h3H,2H2,1H3,(H2,8,13)(H3,9,11,14). The van der Waals surface area contributed by atoms with Gasteiger partial charge >= 0.3 is 0 Å². The molecule has 14 heavy (non-hydrogen) atoms. The van der Waals surface area contributed by atoms with E-state index in [1.54, 1.807) is 4.57 Å². The summed E-state index contributed by atoms with van der Waals surface area (Å²) in [5, 5.41) is 2.74. The smallest absolute Gasteiger partial charge is 0.271 e. The molecule has 1 rings (SSSR count). The number of hydrogen-bond acceptors (Lipinski definition) is 3. The number of hydrogen-bond donors (Lipinski definition) is 3. The molecular formula is C7H11N5OS. The number of aryl methyl sites for hydroxylation is 1. The van der Waals surface area contributed by atoms with Crippen molar-refractivity contribution in [3.05, 3.63) is 12.0 Å². The fraction of sp³-hybridized carbons (Fsp3) is 0.286. The van der Waals surface area contributed by atoms with Gasteiger partial charge in [-0.25, -0.2) is 4.98 Å². The number of thiocarbonyl (C=S) groups is 1. The van der Waals surface area contributed by atoms with Crippen molar-refractivity contribution in [2.75, 3.05) is 5.32 Å². The lowest BCUT2D eigenvalue weighted by atomic mass is 10.4. The minimum atomic E-state index is -0.615. The third kappa shape index (κ3) is 1.99. The first-order valence-electron chi connectivity index (χ1n) is 3.97. The Hall–Kier alpha value is -1.63. The number of amides is 1. The Morgan fingerprint density at radius 2 is 2.36 bits per heavy atom. The first-order valence-corrected chi connectivity index (χ1v) is 4.38. The Morgan fingerprint density at radius 1 is 1.71 bits per heavy atom. The second-order valence-electron chi connectivity index (χ2n) is 2.58. The number of nitrogens with zero attached hydrogens (tertiary/aromatic N) is 2. The molecule has 0 atom stereocenters. The molecule has 0 aliphatic heterocycles. The molecule has 0 radical (unpaired) electrons. The first-order chi connectivity index (χ1) is 6.56. The number of imidazole rings is 1. The Bertz CT molecular complexity index is 372. The number of nitrogens with two attached hydrogens (primary N) is 2. The van der Waals surface area contributed by atoms with E-state index in [2.05, 4.69) is 22.5 Å². The van der Waals surface area contributed by atoms with Crippen LogP contribution < -0.4 is 16.8 Å². The van der Waals surface area contributed by atoms with Gasteiger partial charge in [0.25, 0.3) is 5.91 Å². The van der Waals surface area contributed by atoms with Crippen LogP contribution in [0.2, 0.25) is 0 Å². The van der Waals surface area contributed by atoms with E-state index in [9.17, 15) is 4.79 Å². The maximum atomic E-state index is 11.0. The summed E-state index contributed by atoms with van der Waals surface area (Å²) in [6.07, 6.45) is 1.50. The van der Waals surface area contributed by atoms with Gasteiger partial charge in [-0.15, -0.1) is 0 Å². The number of aromatic nitrogens is 2. The Kier molecular flexibility index (Phi) is 3.03. The van der Waals surface area contributed by atoms with E-state index in [0.29, 0.717) is 12.4 Å². The summed E-state index contributed by atoms with van der Waals surface area (Å²) in [5.74, 6) is -0.177. The van der Waals surface area contributed by atoms with Crippen molar-refractivity contribution in [1.29, 1.82) is 0 Å². The minimum Gasteiger partial charge on any atom is -0.376 e. The van der Waals surface area contributed by atoms with Gasteiger partial charge in [0.05, 0.1) is 6.33 Å². The summed E-state index contributed by atoms with van der Waals surface area (Å²) < 4.78 is 1.69. The molecule has 1 aromatic heterocycles. The van der Waals surface area contributed by atoms with Gasteiger partial charge in [0, 0.05) is 6.54 Å². The van der Waals surface area contributed by atoms with Crippen LogP contribution in [0.4, 0.5) is 5.82 Å². The number of primary amides is 1. The monoisotopic (exact) mass is 213 g/mol. The van der Waals surface area contributed by atoms with Crippen molar-refractivity contribution in [1.82, 2.24) is 9.55 Å². The molecule has 0 bridgehead atoms. The van der Waals surface area contributed by atoms with E-state index in [-0.39, 0.29) is 10.8 Å². The quantitative estimate of drug-likeness (QED) is 0.596. The molecule has 0 aromatic carbocycles. The number of rotatable bonds is 3. The topological polar surface area (TPSA) is 99.0 Å². The van der Waals surface area contributed by atoms with Crippen molar-refractivity contribution in [3.63, 3.8) is 0 Å². The zero-order valence-corrected chi connectivity index (χ0v) is 8.47. The third-order valence-electron chi connectivity index (χ3n) is 1.65. The van der Waals surface area contributed by atoms with Gasteiger partial charge in [0.15, 0.2) is 10.8 Å². The normalized spacial score (nSPS) is 9.79. The maximum absolute atomic E-state index is 11.0. The van der Waals surface area contributed by atoms with Gasteiger partial charge in [-0.05, 0) is 19.1 Å². The van der Waals surface area contributed by atoms with Crippen molar-refractivity contribution < 1.29 is 4.79 Å². The molecule has 1 heterocycles. The summed E-state index contributed by atoms with van der Waals surface area (Å²) in [4.78, 5) is 14.8. The summed E-state index contributed by atoms with van der Waals surface area (Å²) in [7, 11) is 0. The number of anilines is 1. The van der Waals surface area contributed by atoms with Gasteiger partial charge in [0.1, 0.15) is 5.82 Å². The average molecular weight is 213 g/mol. The molecule has 1 aromatic rings. The molecule has 0 aliphatic carbocycles. The zero-order valence-electron chi connectivity index (χ0n) is 7.65. The summed E-state index contributed by atoms with van der Waals surface area (Å²) in [6.45, 7) is 2.54. The largest absolute Gasteiger partial charge is 0.376 e. The summed E-state index contributed by atoms with van der Waals surface area (Å²) in [6, 6.07) is 0. The molecule has 5 N–H and O–H groups in total. The van der Waals surface area contributed by atoms with Crippen LogP contribution in [0.5, 0.6) is 0 Å². The van der Waals surface area contributed by atoms with Crippen LogP contribution in [-0.4, -0.2) is 20.6 Å². The lowest BCUT2D eigenvalue weighted by Gasteiger charge is -2.07. The first kappa shape index (κ1) is 10.5. The molecule has 0 saturated heterocycles. The van der Waals surface area contributed by atoms with E-state index >= 15 is 0 Å². The molecule has 7 heteroatoms. The Balaban J connectivity index is 3.12. The highest BCUT2D eigenvalue weighted by Crippen LogP contribution is 2.13. The highest BCUT2D eigenvalue weighted by atomic mass is 32.1. The predicted molar refractivity (Wildman–Crippen MR) is 56.8 cm³/mol. The van der Waals surface area contributed by atoms with Gasteiger partial charge in [-0.2, -0.15) is 0 Å². The maximum Gasteiger partial charge on any atom is 0.271 e. The van der Waals surface area contributed by atoms with Crippen LogP contribution in [0.3, 0.4) is 0 Å². The van der Waals surface area contributed by atoms with Gasteiger partial charge < -0.3 is 21.4 Å². The van der Waals surface area contributed by atoms with E-state index in [0.717, 1.165) is 0 Å². The SMILES string of the molecule is CCn1cnc(C(N)=O)c1NC(N)=S. The van der Waals surface area contributed by atoms with Gasteiger partial charge in [-0.3, -0.25) is 4.79 Å². The van der Waals surface area contributed by atoms with E-state index in [1.807, 2.05) is 6.92 Å². The van der Waals surface area contributed by atoms with Crippen molar-refractivity contribution >= 4 is 29.1 Å². The Morgan fingerprint density at radius 3 is 2.79 bits per heavy atom. The van der Waals surface area contributed by atoms with Gasteiger partial charge in [0.2, 0.25) is 0 Å². The van der Waals surface area contributed by atoms with Crippen LogP contribution in [0.15, 0.2) is 6.33 Å². The minimum absolute atomic E-state index is 0.0719.